The van der Waals surface area contributed by atoms with Gasteiger partial charge in [-0.1, -0.05) is 19.8 Å². The summed E-state index contributed by atoms with van der Waals surface area (Å²) < 4.78 is 14.5. The first-order valence-electron chi connectivity index (χ1n) is 7.77. The lowest BCUT2D eigenvalue weighted by atomic mass is 10.1. The highest BCUT2D eigenvalue weighted by Crippen LogP contribution is 2.27. The number of nitrogens with zero attached hydrogens (tertiary/aromatic N) is 2. The standard InChI is InChI=1S/C16H26FN3/c1-3-9-18-11-14-8-10-19-16(15(14)17)20(2)12-13-6-4-5-7-13/h8,10,13,18H,3-7,9,11-12H2,1-2H3. The Morgan fingerprint density at radius 3 is 2.85 bits per heavy atom. The number of halogens is 1. The molecule has 1 N–H and O–H groups in total. The van der Waals surface area contributed by atoms with Gasteiger partial charge in [-0.05, 0) is 37.8 Å². The van der Waals surface area contributed by atoms with E-state index in [2.05, 4.69) is 17.2 Å². The zero-order valence-electron chi connectivity index (χ0n) is 12.7. The minimum Gasteiger partial charge on any atom is -0.357 e. The Hall–Kier alpha value is -1.16. The van der Waals surface area contributed by atoms with Crippen LogP contribution in [-0.4, -0.2) is 25.1 Å². The van der Waals surface area contributed by atoms with Crippen molar-refractivity contribution >= 4 is 5.82 Å². The lowest BCUT2D eigenvalue weighted by Gasteiger charge is -2.23. The van der Waals surface area contributed by atoms with Crippen molar-refractivity contribution in [2.24, 2.45) is 5.92 Å². The van der Waals surface area contributed by atoms with Crippen LogP contribution in [0.1, 0.15) is 44.6 Å². The monoisotopic (exact) mass is 279 g/mol. The molecular weight excluding hydrogens is 253 g/mol. The average Bonchev–Trinajstić information content (AvgIpc) is 2.93. The Morgan fingerprint density at radius 1 is 1.40 bits per heavy atom. The molecule has 112 valence electrons. The van der Waals surface area contributed by atoms with Crippen molar-refractivity contribution in [3.05, 3.63) is 23.6 Å². The summed E-state index contributed by atoms with van der Waals surface area (Å²) in [5.41, 5.74) is 0.710. The van der Waals surface area contributed by atoms with Gasteiger partial charge in [-0.15, -0.1) is 0 Å². The average molecular weight is 279 g/mol. The van der Waals surface area contributed by atoms with Crippen LogP contribution in [0.2, 0.25) is 0 Å². The van der Waals surface area contributed by atoms with Gasteiger partial charge in [0.15, 0.2) is 11.6 Å². The molecule has 3 nitrogen and oxygen atoms in total. The third kappa shape index (κ3) is 3.92. The van der Waals surface area contributed by atoms with Crippen LogP contribution in [0.25, 0.3) is 0 Å². The lowest BCUT2D eigenvalue weighted by molar-refractivity contribution is 0.530. The molecular formula is C16H26FN3. The molecule has 2 rings (SSSR count). The summed E-state index contributed by atoms with van der Waals surface area (Å²) in [6, 6.07) is 1.77. The van der Waals surface area contributed by atoms with E-state index in [0.29, 0.717) is 23.8 Å². The molecule has 1 aliphatic carbocycles. The fraction of sp³-hybridized carbons (Fsp3) is 0.688. The molecule has 0 radical (unpaired) electrons. The first-order valence-corrected chi connectivity index (χ1v) is 7.77. The highest BCUT2D eigenvalue weighted by atomic mass is 19.1. The summed E-state index contributed by atoms with van der Waals surface area (Å²) in [6.45, 7) is 4.51. The van der Waals surface area contributed by atoms with Crippen LogP contribution >= 0.6 is 0 Å². The van der Waals surface area contributed by atoms with E-state index in [1.807, 2.05) is 11.9 Å². The van der Waals surface area contributed by atoms with Gasteiger partial charge in [0.1, 0.15) is 0 Å². The second-order valence-corrected chi connectivity index (χ2v) is 5.82. The van der Waals surface area contributed by atoms with Crippen LogP contribution in [0.5, 0.6) is 0 Å². The van der Waals surface area contributed by atoms with Crippen LogP contribution in [0, 0.1) is 11.7 Å². The summed E-state index contributed by atoms with van der Waals surface area (Å²) in [6.07, 6.45) is 7.94. The summed E-state index contributed by atoms with van der Waals surface area (Å²) in [5, 5.41) is 3.25. The van der Waals surface area contributed by atoms with Gasteiger partial charge in [0.05, 0.1) is 0 Å². The Labute approximate surface area is 121 Å². The van der Waals surface area contributed by atoms with E-state index in [1.54, 1.807) is 12.3 Å². The van der Waals surface area contributed by atoms with Gasteiger partial charge in [-0.2, -0.15) is 0 Å². The van der Waals surface area contributed by atoms with Crippen LogP contribution in [0.3, 0.4) is 0 Å². The molecule has 0 amide bonds. The van der Waals surface area contributed by atoms with E-state index in [0.717, 1.165) is 19.5 Å². The molecule has 1 aliphatic rings. The fourth-order valence-corrected chi connectivity index (χ4v) is 2.94. The van der Waals surface area contributed by atoms with Crippen molar-refractivity contribution in [3.8, 4) is 0 Å². The second-order valence-electron chi connectivity index (χ2n) is 5.82. The van der Waals surface area contributed by atoms with Crippen molar-refractivity contribution in [3.63, 3.8) is 0 Å². The SMILES string of the molecule is CCCNCc1ccnc(N(C)CC2CCCC2)c1F. The smallest absolute Gasteiger partial charge is 0.170 e. The fourth-order valence-electron chi connectivity index (χ4n) is 2.94. The van der Waals surface area contributed by atoms with E-state index < -0.39 is 0 Å². The third-order valence-corrected chi connectivity index (χ3v) is 4.06. The predicted molar refractivity (Wildman–Crippen MR) is 81.4 cm³/mol. The van der Waals surface area contributed by atoms with Crippen LogP contribution in [-0.2, 0) is 6.54 Å². The van der Waals surface area contributed by atoms with Gasteiger partial charge in [0.2, 0.25) is 0 Å². The summed E-state index contributed by atoms with van der Waals surface area (Å²) >= 11 is 0. The molecule has 0 atom stereocenters. The van der Waals surface area contributed by atoms with E-state index in [4.69, 9.17) is 0 Å². The molecule has 1 aromatic rings. The third-order valence-electron chi connectivity index (χ3n) is 4.06. The molecule has 0 unspecified atom stereocenters. The van der Waals surface area contributed by atoms with Gasteiger partial charge in [0.25, 0.3) is 0 Å². The van der Waals surface area contributed by atoms with Crippen LogP contribution < -0.4 is 10.2 Å². The molecule has 0 aromatic carbocycles. The van der Waals surface area contributed by atoms with Gasteiger partial charge in [-0.25, -0.2) is 9.37 Å². The first kappa shape index (κ1) is 15.2. The topological polar surface area (TPSA) is 28.2 Å². The molecule has 0 aliphatic heterocycles. The summed E-state index contributed by atoms with van der Waals surface area (Å²) in [5.74, 6) is 1.02. The molecule has 1 heterocycles. The summed E-state index contributed by atoms with van der Waals surface area (Å²) in [7, 11) is 1.95. The number of aromatic nitrogens is 1. The quantitative estimate of drug-likeness (QED) is 0.776. The largest absolute Gasteiger partial charge is 0.357 e. The lowest BCUT2D eigenvalue weighted by Crippen LogP contribution is -2.26. The highest BCUT2D eigenvalue weighted by molar-refractivity contribution is 5.42. The molecule has 20 heavy (non-hydrogen) atoms. The number of nitrogens with one attached hydrogen (secondary N) is 1. The van der Waals surface area contributed by atoms with Crippen molar-refractivity contribution in [1.82, 2.24) is 10.3 Å². The Morgan fingerprint density at radius 2 is 2.15 bits per heavy atom. The normalized spacial score (nSPS) is 15.8. The van der Waals surface area contributed by atoms with Crippen molar-refractivity contribution in [2.45, 2.75) is 45.6 Å². The maximum atomic E-state index is 14.5. The predicted octanol–water partition coefficient (Wildman–Crippen LogP) is 3.35. The summed E-state index contributed by atoms with van der Waals surface area (Å²) in [4.78, 5) is 6.21. The first-order chi connectivity index (χ1) is 9.72. The molecule has 0 bridgehead atoms. The van der Waals surface area contributed by atoms with Crippen LogP contribution in [0.15, 0.2) is 12.3 Å². The second kappa shape index (κ2) is 7.58. The minimum atomic E-state index is -0.170. The number of hydrogen-bond acceptors (Lipinski definition) is 3. The zero-order valence-corrected chi connectivity index (χ0v) is 12.7. The number of pyridine rings is 1. The Kier molecular flexibility index (Phi) is 5.77. The molecule has 1 aromatic heterocycles. The number of anilines is 1. The van der Waals surface area contributed by atoms with Crippen molar-refractivity contribution < 1.29 is 4.39 Å². The van der Waals surface area contributed by atoms with Gasteiger partial charge < -0.3 is 10.2 Å². The maximum Gasteiger partial charge on any atom is 0.170 e. The molecule has 0 spiro atoms. The number of hydrogen-bond donors (Lipinski definition) is 1. The Bertz CT molecular complexity index is 416. The number of rotatable bonds is 7. The molecule has 4 heteroatoms. The van der Waals surface area contributed by atoms with E-state index in [-0.39, 0.29) is 5.82 Å². The van der Waals surface area contributed by atoms with E-state index in [9.17, 15) is 4.39 Å². The van der Waals surface area contributed by atoms with Crippen molar-refractivity contribution in [2.75, 3.05) is 25.0 Å². The van der Waals surface area contributed by atoms with E-state index >= 15 is 0 Å². The zero-order chi connectivity index (χ0) is 14.4. The molecule has 1 saturated carbocycles. The van der Waals surface area contributed by atoms with Crippen molar-refractivity contribution in [1.29, 1.82) is 0 Å². The minimum absolute atomic E-state index is 0.170. The van der Waals surface area contributed by atoms with Gasteiger partial charge in [0, 0.05) is 31.9 Å². The molecule has 0 saturated heterocycles. The Balaban J connectivity index is 2.00. The van der Waals surface area contributed by atoms with Crippen LogP contribution in [0.4, 0.5) is 10.2 Å². The molecule has 1 fully saturated rings. The van der Waals surface area contributed by atoms with Gasteiger partial charge >= 0.3 is 0 Å². The maximum absolute atomic E-state index is 14.5. The van der Waals surface area contributed by atoms with Gasteiger partial charge in [-0.3, -0.25) is 0 Å². The highest BCUT2D eigenvalue weighted by Gasteiger charge is 2.20. The van der Waals surface area contributed by atoms with E-state index in [1.165, 1.54) is 25.7 Å².